The molecule has 0 radical (unpaired) electrons. The number of thioether (sulfide) groups is 1. The normalized spacial score (nSPS) is 11.8. The lowest BCUT2D eigenvalue weighted by Gasteiger charge is -2.18. The van der Waals surface area contributed by atoms with Crippen molar-refractivity contribution in [3.8, 4) is 11.5 Å². The molecule has 0 N–H and O–H groups in total. The summed E-state index contributed by atoms with van der Waals surface area (Å²) in [6.07, 6.45) is 2.76. The topological polar surface area (TPSA) is 44.8 Å². The highest BCUT2D eigenvalue weighted by atomic mass is 32.2. The molecular formula is C18H20O4S. The minimum absolute atomic E-state index is 0.267. The summed E-state index contributed by atoms with van der Waals surface area (Å²) in [6.45, 7) is 5.44. The van der Waals surface area contributed by atoms with Crippen LogP contribution in [0.15, 0.2) is 47.9 Å². The predicted octanol–water partition coefficient (Wildman–Crippen LogP) is 4.07. The molecule has 1 unspecified atom stereocenters. The quantitative estimate of drug-likeness (QED) is 0.434. The average molecular weight is 332 g/mol. The van der Waals surface area contributed by atoms with Gasteiger partial charge in [-0.1, -0.05) is 30.8 Å². The van der Waals surface area contributed by atoms with E-state index in [0.717, 1.165) is 33.2 Å². The van der Waals surface area contributed by atoms with E-state index < -0.39 is 5.97 Å². The van der Waals surface area contributed by atoms with Crippen LogP contribution in [0.25, 0.3) is 10.8 Å². The monoisotopic (exact) mass is 332 g/mol. The Morgan fingerprint density at radius 3 is 2.65 bits per heavy atom. The smallest absolute Gasteiger partial charge is 0.330 e. The molecule has 0 aliphatic heterocycles. The van der Waals surface area contributed by atoms with Crippen molar-refractivity contribution >= 4 is 28.5 Å². The van der Waals surface area contributed by atoms with Crippen LogP contribution in [0.4, 0.5) is 0 Å². The van der Waals surface area contributed by atoms with Gasteiger partial charge < -0.3 is 14.2 Å². The van der Waals surface area contributed by atoms with E-state index in [2.05, 4.69) is 6.58 Å². The van der Waals surface area contributed by atoms with Crippen LogP contribution in [0.1, 0.15) is 6.92 Å². The second-order valence-electron chi connectivity index (χ2n) is 4.92. The lowest BCUT2D eigenvalue weighted by Crippen LogP contribution is -2.21. The van der Waals surface area contributed by atoms with Crippen LogP contribution < -0.4 is 9.47 Å². The van der Waals surface area contributed by atoms with Crippen molar-refractivity contribution in [2.45, 2.75) is 17.9 Å². The van der Waals surface area contributed by atoms with Gasteiger partial charge in [0.05, 0.1) is 12.0 Å². The van der Waals surface area contributed by atoms with Crippen molar-refractivity contribution in [1.82, 2.24) is 0 Å². The minimum Gasteiger partial charge on any atom is -0.496 e. The number of ether oxygens (including phenoxy) is 3. The van der Waals surface area contributed by atoms with Crippen molar-refractivity contribution in [3.63, 3.8) is 0 Å². The highest BCUT2D eigenvalue weighted by Gasteiger charge is 2.15. The first kappa shape index (κ1) is 17.2. The van der Waals surface area contributed by atoms with E-state index in [1.807, 2.05) is 36.6 Å². The lowest BCUT2D eigenvalue weighted by atomic mass is 10.1. The summed E-state index contributed by atoms with van der Waals surface area (Å²) in [4.78, 5) is 12.2. The molecular weight excluding hydrogens is 312 g/mol. The zero-order valence-corrected chi connectivity index (χ0v) is 14.3. The number of rotatable bonds is 7. The molecule has 0 aliphatic carbocycles. The Morgan fingerprint density at radius 2 is 2.04 bits per heavy atom. The molecule has 2 aromatic carbocycles. The van der Waals surface area contributed by atoms with Crippen LogP contribution in [0.5, 0.6) is 11.5 Å². The average Bonchev–Trinajstić information content (AvgIpc) is 2.58. The zero-order valence-electron chi connectivity index (χ0n) is 13.5. The molecule has 0 amide bonds. The summed E-state index contributed by atoms with van der Waals surface area (Å²) >= 11 is 1.58. The molecule has 4 nitrogen and oxygen atoms in total. The van der Waals surface area contributed by atoms with Crippen LogP contribution in [0, 0.1) is 0 Å². The Balaban J connectivity index is 2.32. The zero-order chi connectivity index (χ0) is 16.8. The molecule has 23 heavy (non-hydrogen) atoms. The number of carbonyl (C=O) groups is 1. The Kier molecular flexibility index (Phi) is 5.93. The summed E-state index contributed by atoms with van der Waals surface area (Å²) in [5, 5.41) is 1.96. The maximum atomic E-state index is 11.2. The Bertz CT molecular complexity index is 711. The molecule has 122 valence electrons. The van der Waals surface area contributed by atoms with E-state index >= 15 is 0 Å². The Morgan fingerprint density at radius 1 is 1.35 bits per heavy atom. The largest absolute Gasteiger partial charge is 0.496 e. The fourth-order valence-electron chi connectivity index (χ4n) is 2.24. The fraction of sp³-hybridized carbons (Fsp3) is 0.278. The molecule has 0 aliphatic rings. The number of hydrogen-bond acceptors (Lipinski definition) is 5. The summed E-state index contributed by atoms with van der Waals surface area (Å²) < 4.78 is 16.6. The van der Waals surface area contributed by atoms with Gasteiger partial charge in [-0.25, -0.2) is 4.79 Å². The molecule has 0 aromatic heterocycles. The molecule has 5 heteroatoms. The molecule has 2 rings (SSSR count). The Hall–Kier alpha value is -2.14. The van der Waals surface area contributed by atoms with Crippen LogP contribution in [-0.2, 0) is 9.53 Å². The maximum absolute atomic E-state index is 11.2. The van der Waals surface area contributed by atoms with Gasteiger partial charge >= 0.3 is 5.97 Å². The molecule has 2 aromatic rings. The molecule has 0 bridgehead atoms. The third kappa shape index (κ3) is 3.99. The van der Waals surface area contributed by atoms with E-state index in [0.29, 0.717) is 0 Å². The fourth-order valence-corrected chi connectivity index (χ4v) is 2.82. The van der Waals surface area contributed by atoms with Gasteiger partial charge in [0.25, 0.3) is 0 Å². The molecule has 0 saturated carbocycles. The summed E-state index contributed by atoms with van der Waals surface area (Å²) in [5.41, 5.74) is 0. The van der Waals surface area contributed by atoms with Gasteiger partial charge in [0, 0.05) is 16.8 Å². The highest BCUT2D eigenvalue weighted by Crippen LogP contribution is 2.40. The number of methoxy groups -OCH3 is 1. The number of hydrogen-bond donors (Lipinski definition) is 0. The van der Waals surface area contributed by atoms with Gasteiger partial charge in [0.1, 0.15) is 24.2 Å². The van der Waals surface area contributed by atoms with Crippen molar-refractivity contribution in [1.29, 1.82) is 0 Å². The summed E-state index contributed by atoms with van der Waals surface area (Å²) in [6, 6.07) is 9.87. The van der Waals surface area contributed by atoms with Gasteiger partial charge in [0.15, 0.2) is 0 Å². The van der Waals surface area contributed by atoms with E-state index in [1.165, 1.54) is 0 Å². The number of carbonyl (C=O) groups excluding carboxylic acids is 1. The van der Waals surface area contributed by atoms with Crippen molar-refractivity contribution < 1.29 is 19.0 Å². The first-order valence-electron chi connectivity index (χ1n) is 7.20. The van der Waals surface area contributed by atoms with E-state index in [4.69, 9.17) is 14.2 Å². The first-order valence-corrected chi connectivity index (χ1v) is 8.42. The first-order chi connectivity index (χ1) is 11.1. The van der Waals surface area contributed by atoms with Crippen LogP contribution in [0.2, 0.25) is 0 Å². The number of fused-ring (bicyclic) bond motifs is 1. The SMILES string of the molecule is C=CC(=O)OC(C)COc1c(SC)cc(OC)c2ccccc12. The molecule has 0 spiro atoms. The van der Waals surface area contributed by atoms with Crippen molar-refractivity contribution in [3.05, 3.63) is 43.0 Å². The second-order valence-corrected chi connectivity index (χ2v) is 5.77. The van der Waals surface area contributed by atoms with Gasteiger partial charge in [0.2, 0.25) is 0 Å². The van der Waals surface area contributed by atoms with Crippen molar-refractivity contribution in [2.24, 2.45) is 0 Å². The maximum Gasteiger partial charge on any atom is 0.330 e. The Labute approximate surface area is 140 Å². The summed E-state index contributed by atoms with van der Waals surface area (Å²) in [7, 11) is 1.66. The van der Waals surface area contributed by atoms with Gasteiger partial charge in [-0.2, -0.15) is 0 Å². The van der Waals surface area contributed by atoms with Crippen molar-refractivity contribution in [2.75, 3.05) is 20.0 Å². The third-order valence-electron chi connectivity index (χ3n) is 3.31. The highest BCUT2D eigenvalue weighted by molar-refractivity contribution is 7.98. The van der Waals surface area contributed by atoms with E-state index in [1.54, 1.807) is 25.8 Å². The van der Waals surface area contributed by atoms with Gasteiger partial charge in [-0.15, -0.1) is 11.8 Å². The van der Waals surface area contributed by atoms with E-state index in [9.17, 15) is 4.79 Å². The summed E-state index contributed by atoms with van der Waals surface area (Å²) in [5.74, 6) is 1.13. The second kappa shape index (κ2) is 7.92. The molecule has 0 fully saturated rings. The number of esters is 1. The van der Waals surface area contributed by atoms with Crippen LogP contribution >= 0.6 is 11.8 Å². The van der Waals surface area contributed by atoms with Gasteiger partial charge in [-0.05, 0) is 19.2 Å². The van der Waals surface area contributed by atoms with Gasteiger partial charge in [-0.3, -0.25) is 0 Å². The minimum atomic E-state index is -0.453. The molecule has 0 saturated heterocycles. The standard InChI is InChI=1S/C18H20O4S/c1-5-17(19)22-12(2)11-21-18-14-9-7-6-8-13(14)15(20-3)10-16(18)23-4/h5-10,12H,1,11H2,2-4H3. The predicted molar refractivity (Wildman–Crippen MR) is 93.5 cm³/mol. The number of benzene rings is 2. The molecule has 1 atom stereocenters. The molecule has 0 heterocycles. The van der Waals surface area contributed by atoms with E-state index in [-0.39, 0.29) is 12.7 Å². The third-order valence-corrected chi connectivity index (χ3v) is 4.05. The van der Waals surface area contributed by atoms with Crippen LogP contribution in [0.3, 0.4) is 0 Å². The van der Waals surface area contributed by atoms with Crippen LogP contribution in [-0.4, -0.2) is 32.0 Å². The lowest BCUT2D eigenvalue weighted by molar-refractivity contribution is -0.143.